The van der Waals surface area contributed by atoms with Gasteiger partial charge in [0.2, 0.25) is 0 Å². The van der Waals surface area contributed by atoms with E-state index < -0.39 is 0 Å². The van der Waals surface area contributed by atoms with Crippen LogP contribution in [0.5, 0.6) is 5.75 Å². The Bertz CT molecular complexity index is 489. The Morgan fingerprint density at radius 3 is 2.83 bits per heavy atom. The van der Waals surface area contributed by atoms with Crippen molar-refractivity contribution >= 4 is 5.97 Å². The average molecular weight is 244 g/mol. The number of methoxy groups -OCH3 is 1. The molecule has 3 nitrogen and oxygen atoms in total. The van der Waals surface area contributed by atoms with Gasteiger partial charge in [0.25, 0.3) is 0 Å². The SMILES string of the molecule is COc1ccc([C@@]23CCC=C[C@@H]2OC(=O)C3)cc1. The maximum absolute atomic E-state index is 11.6. The molecular formula is C15H16O3. The molecule has 1 heterocycles. The molecule has 3 rings (SSSR count). The van der Waals surface area contributed by atoms with Crippen LogP contribution in [0.15, 0.2) is 36.4 Å². The lowest BCUT2D eigenvalue weighted by atomic mass is 9.69. The first-order chi connectivity index (χ1) is 8.74. The number of esters is 1. The molecule has 2 aliphatic rings. The summed E-state index contributed by atoms with van der Waals surface area (Å²) < 4.78 is 10.6. The molecule has 0 amide bonds. The molecule has 1 aliphatic heterocycles. The van der Waals surface area contributed by atoms with E-state index in [9.17, 15) is 4.79 Å². The summed E-state index contributed by atoms with van der Waals surface area (Å²) >= 11 is 0. The van der Waals surface area contributed by atoms with Crippen LogP contribution >= 0.6 is 0 Å². The van der Waals surface area contributed by atoms with Crippen molar-refractivity contribution in [3.05, 3.63) is 42.0 Å². The van der Waals surface area contributed by atoms with Gasteiger partial charge in [-0.3, -0.25) is 4.79 Å². The Morgan fingerprint density at radius 1 is 1.33 bits per heavy atom. The fourth-order valence-electron chi connectivity index (χ4n) is 3.00. The highest BCUT2D eigenvalue weighted by Gasteiger charge is 2.49. The highest BCUT2D eigenvalue weighted by molar-refractivity contribution is 5.75. The molecule has 0 spiro atoms. The molecule has 0 bridgehead atoms. The largest absolute Gasteiger partial charge is 0.497 e. The summed E-state index contributed by atoms with van der Waals surface area (Å²) in [6.07, 6.45) is 6.47. The molecule has 1 fully saturated rings. The summed E-state index contributed by atoms with van der Waals surface area (Å²) in [5.74, 6) is 0.741. The first kappa shape index (κ1) is 11.3. The molecule has 0 aromatic heterocycles. The van der Waals surface area contributed by atoms with Gasteiger partial charge in [0.15, 0.2) is 0 Å². The van der Waals surface area contributed by atoms with Gasteiger partial charge < -0.3 is 9.47 Å². The van der Waals surface area contributed by atoms with E-state index >= 15 is 0 Å². The molecule has 1 aliphatic carbocycles. The number of carbonyl (C=O) groups excluding carboxylic acids is 1. The zero-order valence-electron chi connectivity index (χ0n) is 10.4. The Balaban J connectivity index is 2.01. The van der Waals surface area contributed by atoms with Gasteiger partial charge >= 0.3 is 5.97 Å². The van der Waals surface area contributed by atoms with Gasteiger partial charge in [0.05, 0.1) is 13.5 Å². The molecule has 1 aromatic carbocycles. The van der Waals surface area contributed by atoms with E-state index in [-0.39, 0.29) is 17.5 Å². The van der Waals surface area contributed by atoms with Crippen LogP contribution in [-0.2, 0) is 14.9 Å². The van der Waals surface area contributed by atoms with Crippen molar-refractivity contribution in [1.82, 2.24) is 0 Å². The molecule has 0 saturated carbocycles. The topological polar surface area (TPSA) is 35.5 Å². The third-order valence-corrected chi connectivity index (χ3v) is 4.00. The molecule has 0 radical (unpaired) electrons. The zero-order valence-corrected chi connectivity index (χ0v) is 10.4. The van der Waals surface area contributed by atoms with Gasteiger partial charge in [-0.05, 0) is 36.6 Å². The van der Waals surface area contributed by atoms with E-state index in [1.165, 1.54) is 5.56 Å². The predicted molar refractivity (Wildman–Crippen MR) is 67.5 cm³/mol. The lowest BCUT2D eigenvalue weighted by Gasteiger charge is -2.34. The molecule has 2 atom stereocenters. The lowest BCUT2D eigenvalue weighted by Crippen LogP contribution is -2.36. The van der Waals surface area contributed by atoms with E-state index in [4.69, 9.17) is 9.47 Å². The van der Waals surface area contributed by atoms with E-state index in [2.05, 4.69) is 6.08 Å². The van der Waals surface area contributed by atoms with Gasteiger partial charge in [0.1, 0.15) is 11.9 Å². The number of hydrogen-bond acceptors (Lipinski definition) is 3. The van der Waals surface area contributed by atoms with Crippen LogP contribution in [0.3, 0.4) is 0 Å². The Kier molecular flexibility index (Phi) is 2.62. The van der Waals surface area contributed by atoms with Gasteiger partial charge in [-0.1, -0.05) is 18.2 Å². The van der Waals surface area contributed by atoms with Gasteiger partial charge in [-0.15, -0.1) is 0 Å². The fourth-order valence-corrected chi connectivity index (χ4v) is 3.00. The number of allylic oxidation sites excluding steroid dienone is 1. The minimum atomic E-state index is -0.169. The zero-order chi connectivity index (χ0) is 12.6. The smallest absolute Gasteiger partial charge is 0.307 e. The monoisotopic (exact) mass is 244 g/mol. The molecule has 1 aromatic rings. The molecule has 3 heteroatoms. The van der Waals surface area contributed by atoms with Crippen molar-refractivity contribution in [3.8, 4) is 5.75 Å². The normalized spacial score (nSPS) is 29.8. The van der Waals surface area contributed by atoms with Crippen LogP contribution < -0.4 is 4.74 Å². The van der Waals surface area contributed by atoms with Crippen molar-refractivity contribution in [1.29, 1.82) is 0 Å². The van der Waals surface area contributed by atoms with Crippen LogP contribution in [0, 0.1) is 0 Å². The quantitative estimate of drug-likeness (QED) is 0.592. The van der Waals surface area contributed by atoms with Crippen LogP contribution in [-0.4, -0.2) is 19.2 Å². The highest BCUT2D eigenvalue weighted by atomic mass is 16.6. The minimum absolute atomic E-state index is 0.0950. The molecule has 18 heavy (non-hydrogen) atoms. The third-order valence-electron chi connectivity index (χ3n) is 4.00. The third kappa shape index (κ3) is 1.62. The van der Waals surface area contributed by atoms with E-state index in [1.54, 1.807) is 7.11 Å². The van der Waals surface area contributed by atoms with E-state index in [1.807, 2.05) is 30.3 Å². The molecule has 0 unspecified atom stereocenters. The predicted octanol–water partition coefficient (Wildman–Crippen LogP) is 2.60. The fraction of sp³-hybridized carbons (Fsp3) is 0.400. The Hall–Kier alpha value is -1.77. The minimum Gasteiger partial charge on any atom is -0.497 e. The number of ether oxygens (including phenoxy) is 2. The van der Waals surface area contributed by atoms with Crippen molar-refractivity contribution in [2.75, 3.05) is 7.11 Å². The maximum atomic E-state index is 11.6. The Morgan fingerprint density at radius 2 is 2.11 bits per heavy atom. The van der Waals surface area contributed by atoms with Crippen LogP contribution in [0.4, 0.5) is 0 Å². The van der Waals surface area contributed by atoms with Gasteiger partial charge in [-0.2, -0.15) is 0 Å². The first-order valence-electron chi connectivity index (χ1n) is 6.25. The van der Waals surface area contributed by atoms with Crippen LogP contribution in [0.25, 0.3) is 0 Å². The summed E-state index contributed by atoms with van der Waals surface area (Å²) in [5, 5.41) is 0. The number of rotatable bonds is 2. The second-order valence-corrected chi connectivity index (χ2v) is 4.94. The summed E-state index contributed by atoms with van der Waals surface area (Å²) in [6.45, 7) is 0. The Labute approximate surface area is 106 Å². The van der Waals surface area contributed by atoms with Gasteiger partial charge in [-0.25, -0.2) is 0 Å². The number of fused-ring (bicyclic) bond motifs is 1. The summed E-state index contributed by atoms with van der Waals surface area (Å²) in [6, 6.07) is 7.99. The second kappa shape index (κ2) is 4.16. The first-order valence-corrected chi connectivity index (χ1v) is 6.25. The highest BCUT2D eigenvalue weighted by Crippen LogP contribution is 2.46. The van der Waals surface area contributed by atoms with E-state index in [0.717, 1.165) is 18.6 Å². The summed E-state index contributed by atoms with van der Waals surface area (Å²) in [4.78, 5) is 11.6. The van der Waals surface area contributed by atoms with Crippen molar-refractivity contribution in [3.63, 3.8) is 0 Å². The summed E-state index contributed by atoms with van der Waals surface area (Å²) in [7, 11) is 1.65. The maximum Gasteiger partial charge on any atom is 0.307 e. The summed E-state index contributed by atoms with van der Waals surface area (Å²) in [5.41, 5.74) is 1.00. The van der Waals surface area contributed by atoms with Crippen molar-refractivity contribution in [2.24, 2.45) is 0 Å². The molecule has 1 saturated heterocycles. The number of carbonyl (C=O) groups is 1. The average Bonchev–Trinajstić information content (AvgIpc) is 2.76. The van der Waals surface area contributed by atoms with Gasteiger partial charge in [0, 0.05) is 5.41 Å². The molecule has 0 N–H and O–H groups in total. The number of benzene rings is 1. The van der Waals surface area contributed by atoms with Crippen molar-refractivity contribution in [2.45, 2.75) is 30.8 Å². The molecule has 94 valence electrons. The number of hydrogen-bond donors (Lipinski definition) is 0. The standard InChI is InChI=1S/C15H16O3/c1-17-12-7-5-11(6-8-12)15-9-3-2-4-13(15)18-14(16)10-15/h2,4-8,13H,3,9-10H2,1H3/t13-,15-/m0/s1. The second-order valence-electron chi connectivity index (χ2n) is 4.94. The van der Waals surface area contributed by atoms with Crippen LogP contribution in [0.1, 0.15) is 24.8 Å². The van der Waals surface area contributed by atoms with Crippen LogP contribution in [0.2, 0.25) is 0 Å². The lowest BCUT2D eigenvalue weighted by molar-refractivity contribution is -0.140. The van der Waals surface area contributed by atoms with E-state index in [0.29, 0.717) is 6.42 Å². The molecular weight excluding hydrogens is 228 g/mol. The van der Waals surface area contributed by atoms with Crippen molar-refractivity contribution < 1.29 is 14.3 Å².